The molecule has 32 heavy (non-hydrogen) atoms. The van der Waals surface area contributed by atoms with Gasteiger partial charge in [-0.2, -0.15) is 8.42 Å². The van der Waals surface area contributed by atoms with E-state index in [9.17, 15) is 23.4 Å². The summed E-state index contributed by atoms with van der Waals surface area (Å²) in [7, 11) is -4.12. The van der Waals surface area contributed by atoms with Crippen LogP contribution in [0.5, 0.6) is 0 Å². The number of nitrogens with two attached hydrogens (primary N) is 1. The van der Waals surface area contributed by atoms with E-state index in [4.69, 9.17) is 5.14 Å². The highest BCUT2D eigenvalue weighted by Crippen LogP contribution is 2.35. The minimum atomic E-state index is -4.12. The van der Waals surface area contributed by atoms with Crippen LogP contribution in [0.25, 0.3) is 0 Å². The van der Waals surface area contributed by atoms with Crippen LogP contribution in [0, 0.1) is 11.8 Å². The van der Waals surface area contributed by atoms with Crippen LogP contribution >= 0.6 is 0 Å². The van der Waals surface area contributed by atoms with Gasteiger partial charge < -0.3 is 15.5 Å². The molecule has 0 bridgehead atoms. The number of amides is 1. The highest BCUT2D eigenvalue weighted by Gasteiger charge is 2.41. The first-order valence-electron chi connectivity index (χ1n) is 10.6. The predicted octanol–water partition coefficient (Wildman–Crippen LogP) is 0.619. The predicted molar refractivity (Wildman–Crippen MR) is 116 cm³/mol. The Bertz CT molecular complexity index is 1090. The van der Waals surface area contributed by atoms with Crippen molar-refractivity contribution < 1.29 is 27.6 Å². The van der Waals surface area contributed by atoms with E-state index in [1.54, 1.807) is 18.3 Å². The first kappa shape index (κ1) is 22.8. The zero-order chi connectivity index (χ0) is 22.9. The van der Waals surface area contributed by atoms with E-state index in [2.05, 4.69) is 20.6 Å². The van der Waals surface area contributed by atoms with Gasteiger partial charge in [-0.05, 0) is 60.4 Å². The SMILES string of the molecule is NS(=O)(=O)OC[C@H]1C[C@@H](Cc2ccnc(C(=O)N[C@H]3CCc4ccccc43)c2)[C@H](O)[C@@H]1O. The number of aromatic nitrogens is 1. The smallest absolute Gasteiger partial charge is 0.333 e. The van der Waals surface area contributed by atoms with Gasteiger partial charge in [-0.3, -0.25) is 14.0 Å². The molecule has 10 heteroatoms. The van der Waals surface area contributed by atoms with Crippen molar-refractivity contribution in [1.82, 2.24) is 10.3 Å². The van der Waals surface area contributed by atoms with Crippen molar-refractivity contribution >= 4 is 16.2 Å². The Hall–Kier alpha value is -2.37. The Morgan fingerprint density at radius 2 is 1.94 bits per heavy atom. The highest BCUT2D eigenvalue weighted by atomic mass is 32.2. The summed E-state index contributed by atoms with van der Waals surface area (Å²) in [5, 5.41) is 28.5. The number of benzene rings is 1. The third kappa shape index (κ3) is 5.16. The average molecular weight is 462 g/mol. The van der Waals surface area contributed by atoms with Crippen molar-refractivity contribution in [1.29, 1.82) is 0 Å². The van der Waals surface area contributed by atoms with Crippen LogP contribution in [0.2, 0.25) is 0 Å². The molecule has 0 radical (unpaired) electrons. The van der Waals surface area contributed by atoms with Gasteiger partial charge in [0.25, 0.3) is 5.91 Å². The topological polar surface area (TPSA) is 152 Å². The third-order valence-electron chi connectivity index (χ3n) is 6.36. The summed E-state index contributed by atoms with van der Waals surface area (Å²) in [5.74, 6) is -1.14. The molecule has 1 saturated carbocycles. The zero-order valence-corrected chi connectivity index (χ0v) is 18.2. The zero-order valence-electron chi connectivity index (χ0n) is 17.4. The molecule has 2 aromatic rings. The van der Waals surface area contributed by atoms with Crippen LogP contribution in [0.4, 0.5) is 0 Å². The van der Waals surface area contributed by atoms with Crippen LogP contribution in [-0.2, 0) is 27.3 Å². The van der Waals surface area contributed by atoms with E-state index in [-0.39, 0.29) is 30.2 Å². The summed E-state index contributed by atoms with van der Waals surface area (Å²) >= 11 is 0. The Morgan fingerprint density at radius 3 is 2.72 bits per heavy atom. The molecule has 0 unspecified atom stereocenters. The number of pyridine rings is 1. The van der Waals surface area contributed by atoms with E-state index >= 15 is 0 Å². The van der Waals surface area contributed by atoms with Gasteiger partial charge >= 0.3 is 10.3 Å². The monoisotopic (exact) mass is 461 g/mol. The molecule has 2 aliphatic rings. The molecule has 1 fully saturated rings. The maximum atomic E-state index is 12.8. The maximum absolute atomic E-state index is 12.8. The van der Waals surface area contributed by atoms with Crippen molar-refractivity contribution in [3.8, 4) is 0 Å². The van der Waals surface area contributed by atoms with Gasteiger partial charge in [0.1, 0.15) is 5.69 Å². The minimum absolute atomic E-state index is 0.0458. The van der Waals surface area contributed by atoms with Crippen molar-refractivity contribution in [3.05, 3.63) is 65.0 Å². The quantitative estimate of drug-likeness (QED) is 0.472. The number of aryl methyl sites for hydroxylation is 1. The van der Waals surface area contributed by atoms with E-state index in [1.165, 1.54) is 5.56 Å². The molecule has 4 rings (SSSR count). The van der Waals surface area contributed by atoms with Crippen molar-refractivity contribution in [2.24, 2.45) is 17.0 Å². The fourth-order valence-corrected chi connectivity index (χ4v) is 5.11. The number of rotatable bonds is 7. The summed E-state index contributed by atoms with van der Waals surface area (Å²) in [6.07, 6.45) is 1.93. The Kier molecular flexibility index (Phi) is 6.59. The molecular formula is C22H27N3O6S. The molecule has 1 amide bonds. The second-order valence-electron chi connectivity index (χ2n) is 8.53. The second-order valence-corrected chi connectivity index (χ2v) is 9.75. The average Bonchev–Trinajstić information content (AvgIpc) is 3.28. The number of aliphatic hydroxyl groups excluding tert-OH is 2. The molecular weight excluding hydrogens is 434 g/mol. The maximum Gasteiger partial charge on any atom is 0.333 e. The second kappa shape index (κ2) is 9.24. The molecule has 2 aliphatic carbocycles. The Morgan fingerprint density at radius 1 is 1.19 bits per heavy atom. The number of fused-ring (bicyclic) bond motifs is 1. The summed E-state index contributed by atoms with van der Waals surface area (Å²) in [4.78, 5) is 17.0. The first-order valence-corrected chi connectivity index (χ1v) is 12.1. The summed E-state index contributed by atoms with van der Waals surface area (Å²) in [5.41, 5.74) is 3.46. The molecule has 5 atom stereocenters. The van der Waals surface area contributed by atoms with Crippen LogP contribution in [0.1, 0.15) is 46.1 Å². The van der Waals surface area contributed by atoms with Crippen LogP contribution in [0.15, 0.2) is 42.6 Å². The fourth-order valence-electron chi connectivity index (χ4n) is 4.75. The van der Waals surface area contributed by atoms with Gasteiger partial charge in [0.15, 0.2) is 0 Å². The summed E-state index contributed by atoms with van der Waals surface area (Å²) in [6, 6.07) is 11.5. The highest BCUT2D eigenvalue weighted by molar-refractivity contribution is 7.84. The third-order valence-corrected chi connectivity index (χ3v) is 6.83. The Balaban J connectivity index is 1.39. The van der Waals surface area contributed by atoms with Crippen molar-refractivity contribution in [2.75, 3.05) is 6.61 Å². The number of hydrogen-bond acceptors (Lipinski definition) is 7. The molecule has 9 nitrogen and oxygen atoms in total. The molecule has 0 spiro atoms. The van der Waals surface area contributed by atoms with Crippen LogP contribution < -0.4 is 10.5 Å². The van der Waals surface area contributed by atoms with Gasteiger partial charge in [-0.15, -0.1) is 0 Å². The molecule has 5 N–H and O–H groups in total. The number of nitrogens with zero attached hydrogens (tertiary/aromatic N) is 1. The standard InChI is InChI=1S/C22H27N3O6S/c23-32(29,30)31-12-16-11-15(20(26)21(16)27)9-13-7-8-24-19(10-13)22(28)25-18-6-5-14-3-1-2-4-17(14)18/h1-4,7-8,10,15-16,18,20-21,26-27H,5-6,9,11-12H2,(H,25,28)(H2,23,29,30)/t15-,16-,18+,20+,21-/m1/s1. The molecule has 1 aromatic carbocycles. The lowest BCUT2D eigenvalue weighted by Gasteiger charge is -2.17. The Labute approximate surface area is 186 Å². The summed E-state index contributed by atoms with van der Waals surface area (Å²) in [6.45, 7) is -0.291. The van der Waals surface area contributed by atoms with Crippen molar-refractivity contribution in [3.63, 3.8) is 0 Å². The minimum Gasteiger partial charge on any atom is -0.390 e. The van der Waals surface area contributed by atoms with E-state index in [1.807, 2.05) is 18.2 Å². The normalized spacial score (nSPS) is 27.3. The molecule has 0 saturated heterocycles. The largest absolute Gasteiger partial charge is 0.390 e. The van der Waals surface area contributed by atoms with E-state index < -0.39 is 28.4 Å². The lowest BCUT2D eigenvalue weighted by Crippen LogP contribution is -2.31. The van der Waals surface area contributed by atoms with Crippen molar-refractivity contribution in [2.45, 2.75) is 43.9 Å². The molecule has 1 aromatic heterocycles. The summed E-state index contributed by atoms with van der Waals surface area (Å²) < 4.78 is 26.6. The first-order chi connectivity index (χ1) is 15.2. The van der Waals surface area contributed by atoms with Crippen LogP contribution in [-0.4, -0.2) is 48.3 Å². The number of aliphatic hydroxyl groups is 2. The van der Waals surface area contributed by atoms with Crippen LogP contribution in [0.3, 0.4) is 0 Å². The molecule has 0 aliphatic heterocycles. The lowest BCUT2D eigenvalue weighted by atomic mass is 9.95. The number of carbonyl (C=O) groups excluding carboxylic acids is 1. The number of hydrogen-bond donors (Lipinski definition) is 4. The lowest BCUT2D eigenvalue weighted by molar-refractivity contribution is -0.00321. The van der Waals surface area contributed by atoms with Gasteiger partial charge in [0.05, 0.1) is 24.9 Å². The van der Waals surface area contributed by atoms with E-state index in [0.29, 0.717) is 12.8 Å². The number of carbonyl (C=O) groups is 1. The molecule has 172 valence electrons. The number of nitrogens with one attached hydrogen (secondary N) is 1. The van der Waals surface area contributed by atoms with Gasteiger partial charge in [0.2, 0.25) is 0 Å². The van der Waals surface area contributed by atoms with E-state index in [0.717, 1.165) is 24.0 Å². The van der Waals surface area contributed by atoms with Gasteiger partial charge in [0, 0.05) is 12.1 Å². The fraction of sp³-hybridized carbons (Fsp3) is 0.455. The van der Waals surface area contributed by atoms with Gasteiger partial charge in [-0.1, -0.05) is 24.3 Å². The molecule has 1 heterocycles. The van der Waals surface area contributed by atoms with Gasteiger partial charge in [-0.25, -0.2) is 5.14 Å².